The quantitative estimate of drug-likeness (QED) is 0.532. The molecule has 0 unspecified atom stereocenters. The molecule has 7 nitrogen and oxygen atoms in total. The number of likely N-dealkylation sites (N-methyl/N-ethyl adjacent to an activating group) is 1. The van der Waals surface area contributed by atoms with Gasteiger partial charge in [-0.15, -0.1) is 0 Å². The van der Waals surface area contributed by atoms with Crippen LogP contribution in [-0.2, 0) is 16.1 Å². The number of hydrogen-bond acceptors (Lipinski definition) is 5. The number of carbonyl (C=O) groups is 2. The van der Waals surface area contributed by atoms with E-state index in [1.807, 2.05) is 30.3 Å². The molecule has 156 valence electrons. The van der Waals surface area contributed by atoms with Gasteiger partial charge in [-0.05, 0) is 36.8 Å². The minimum Gasteiger partial charge on any atom is -0.493 e. The molecule has 0 aliphatic rings. The lowest BCUT2D eigenvalue weighted by atomic mass is 10.2. The van der Waals surface area contributed by atoms with Gasteiger partial charge >= 0.3 is 5.97 Å². The third-order valence-corrected chi connectivity index (χ3v) is 4.44. The second-order valence-electron chi connectivity index (χ2n) is 6.44. The van der Waals surface area contributed by atoms with Gasteiger partial charge in [-0.25, -0.2) is 13.9 Å². The molecule has 2 aromatic carbocycles. The first-order valence-electron chi connectivity index (χ1n) is 9.40. The van der Waals surface area contributed by atoms with E-state index in [0.717, 1.165) is 5.69 Å². The number of carbonyl (C=O) groups excluding carboxylic acids is 2. The predicted molar refractivity (Wildman–Crippen MR) is 108 cm³/mol. The number of esters is 1. The van der Waals surface area contributed by atoms with Crippen LogP contribution in [0.15, 0.2) is 60.8 Å². The number of amides is 1. The van der Waals surface area contributed by atoms with Crippen molar-refractivity contribution in [3.05, 3.63) is 77.9 Å². The Morgan fingerprint density at radius 1 is 1.13 bits per heavy atom. The van der Waals surface area contributed by atoms with E-state index in [9.17, 15) is 14.0 Å². The van der Waals surface area contributed by atoms with Crippen LogP contribution in [0.4, 0.5) is 4.39 Å². The van der Waals surface area contributed by atoms with E-state index < -0.39 is 18.5 Å². The number of nitrogens with zero attached hydrogens (tertiary/aromatic N) is 3. The van der Waals surface area contributed by atoms with Crippen LogP contribution < -0.4 is 4.74 Å². The van der Waals surface area contributed by atoms with E-state index in [1.54, 1.807) is 25.3 Å². The lowest BCUT2D eigenvalue weighted by molar-refractivity contribution is -0.135. The first kappa shape index (κ1) is 21.0. The van der Waals surface area contributed by atoms with Crippen LogP contribution in [0.5, 0.6) is 5.75 Å². The Balaban J connectivity index is 1.65. The number of para-hydroxylation sites is 1. The van der Waals surface area contributed by atoms with E-state index in [-0.39, 0.29) is 23.8 Å². The average molecular weight is 411 g/mol. The molecule has 0 saturated carbocycles. The Hall–Kier alpha value is -3.68. The molecule has 3 aromatic rings. The van der Waals surface area contributed by atoms with Crippen molar-refractivity contribution in [2.45, 2.75) is 13.5 Å². The molecule has 0 saturated heterocycles. The van der Waals surface area contributed by atoms with Crippen LogP contribution in [0.2, 0.25) is 0 Å². The number of aromatic nitrogens is 2. The molecule has 3 rings (SSSR count). The molecular weight excluding hydrogens is 389 g/mol. The maximum atomic E-state index is 13.4. The Morgan fingerprint density at radius 3 is 2.57 bits per heavy atom. The van der Waals surface area contributed by atoms with Crippen molar-refractivity contribution in [1.29, 1.82) is 0 Å². The molecule has 0 aliphatic carbocycles. The number of rotatable bonds is 8. The predicted octanol–water partition coefficient (Wildman–Crippen LogP) is 3.23. The molecule has 30 heavy (non-hydrogen) atoms. The Labute approximate surface area is 173 Å². The number of ether oxygens (including phenoxy) is 2. The van der Waals surface area contributed by atoms with Gasteiger partial charge in [0.1, 0.15) is 5.82 Å². The number of benzene rings is 2. The van der Waals surface area contributed by atoms with E-state index in [2.05, 4.69) is 5.10 Å². The van der Waals surface area contributed by atoms with E-state index in [1.165, 1.54) is 28.8 Å². The molecule has 1 amide bonds. The highest BCUT2D eigenvalue weighted by Gasteiger charge is 2.22. The lowest BCUT2D eigenvalue weighted by Crippen LogP contribution is -2.34. The van der Waals surface area contributed by atoms with Crippen molar-refractivity contribution in [1.82, 2.24) is 14.7 Å². The van der Waals surface area contributed by atoms with E-state index >= 15 is 0 Å². The van der Waals surface area contributed by atoms with Gasteiger partial charge in [-0.3, -0.25) is 4.79 Å². The third-order valence-electron chi connectivity index (χ3n) is 4.44. The zero-order valence-electron chi connectivity index (χ0n) is 16.7. The van der Waals surface area contributed by atoms with Gasteiger partial charge in [0.2, 0.25) is 5.69 Å². The molecule has 0 atom stereocenters. The van der Waals surface area contributed by atoms with Gasteiger partial charge in [0.25, 0.3) is 5.91 Å². The second-order valence-corrected chi connectivity index (χ2v) is 6.44. The molecule has 0 fully saturated rings. The molecule has 0 spiro atoms. The summed E-state index contributed by atoms with van der Waals surface area (Å²) in [4.78, 5) is 26.4. The summed E-state index contributed by atoms with van der Waals surface area (Å²) in [6.07, 6.45) is 1.57. The molecule has 0 aliphatic heterocycles. The summed E-state index contributed by atoms with van der Waals surface area (Å²) in [5, 5.41) is 4.22. The Bertz CT molecular complexity index is 1020. The highest BCUT2D eigenvalue weighted by atomic mass is 19.1. The number of methoxy groups -OCH3 is 1. The fraction of sp³-hybridized carbons (Fsp3) is 0.227. The number of halogens is 1. The van der Waals surface area contributed by atoms with Gasteiger partial charge in [0.05, 0.1) is 19.0 Å². The van der Waals surface area contributed by atoms with Crippen molar-refractivity contribution in [2.75, 3.05) is 20.3 Å². The first-order chi connectivity index (χ1) is 14.5. The SMILES string of the molecule is CCN(Cc1cccc(F)c1)C(=O)COC(=O)c1nn(-c2ccccc2)cc1OC. The van der Waals surface area contributed by atoms with Crippen LogP contribution in [0.25, 0.3) is 5.69 Å². The smallest absolute Gasteiger partial charge is 0.363 e. The van der Waals surface area contributed by atoms with Gasteiger partial charge in [0, 0.05) is 13.1 Å². The second kappa shape index (κ2) is 9.69. The monoisotopic (exact) mass is 411 g/mol. The summed E-state index contributed by atoms with van der Waals surface area (Å²) in [5.74, 6) is -1.29. The van der Waals surface area contributed by atoms with Crippen molar-refractivity contribution >= 4 is 11.9 Å². The van der Waals surface area contributed by atoms with Crippen molar-refractivity contribution in [2.24, 2.45) is 0 Å². The zero-order chi connectivity index (χ0) is 21.5. The van der Waals surface area contributed by atoms with E-state index in [0.29, 0.717) is 12.1 Å². The highest BCUT2D eigenvalue weighted by Crippen LogP contribution is 2.20. The summed E-state index contributed by atoms with van der Waals surface area (Å²) < 4.78 is 25.3. The van der Waals surface area contributed by atoms with Crippen LogP contribution >= 0.6 is 0 Å². The summed E-state index contributed by atoms with van der Waals surface area (Å²) in [6.45, 7) is 1.95. The molecule has 0 bridgehead atoms. The molecule has 1 aromatic heterocycles. The topological polar surface area (TPSA) is 73.7 Å². The van der Waals surface area contributed by atoms with E-state index in [4.69, 9.17) is 9.47 Å². The largest absolute Gasteiger partial charge is 0.493 e. The lowest BCUT2D eigenvalue weighted by Gasteiger charge is -2.20. The van der Waals surface area contributed by atoms with Crippen molar-refractivity contribution < 1.29 is 23.5 Å². The van der Waals surface area contributed by atoms with Gasteiger partial charge < -0.3 is 14.4 Å². The van der Waals surface area contributed by atoms with Crippen molar-refractivity contribution in [3.63, 3.8) is 0 Å². The first-order valence-corrected chi connectivity index (χ1v) is 9.40. The summed E-state index contributed by atoms with van der Waals surface area (Å²) in [7, 11) is 1.42. The highest BCUT2D eigenvalue weighted by molar-refractivity contribution is 5.92. The Kier molecular flexibility index (Phi) is 6.79. The fourth-order valence-electron chi connectivity index (χ4n) is 2.88. The van der Waals surface area contributed by atoms with Gasteiger partial charge in [-0.1, -0.05) is 30.3 Å². The standard InChI is InChI=1S/C22H22FN3O4/c1-3-25(13-16-8-7-9-17(23)12-16)20(27)15-30-22(28)21-19(29-2)14-26(24-21)18-10-5-4-6-11-18/h4-12,14H,3,13,15H2,1-2H3. The molecule has 8 heteroatoms. The molecule has 1 heterocycles. The summed E-state index contributed by atoms with van der Waals surface area (Å²) in [5.41, 5.74) is 1.38. The van der Waals surface area contributed by atoms with Gasteiger partial charge in [0.15, 0.2) is 12.4 Å². The zero-order valence-corrected chi connectivity index (χ0v) is 16.7. The molecule has 0 N–H and O–H groups in total. The maximum Gasteiger partial charge on any atom is 0.363 e. The average Bonchev–Trinajstić information content (AvgIpc) is 3.21. The normalized spacial score (nSPS) is 10.5. The van der Waals surface area contributed by atoms with Crippen LogP contribution in [-0.4, -0.2) is 46.8 Å². The van der Waals surface area contributed by atoms with Crippen LogP contribution in [0.1, 0.15) is 23.0 Å². The van der Waals surface area contributed by atoms with Crippen molar-refractivity contribution in [3.8, 4) is 11.4 Å². The third kappa shape index (κ3) is 5.02. The molecule has 0 radical (unpaired) electrons. The summed E-state index contributed by atoms with van der Waals surface area (Å²) in [6, 6.07) is 15.2. The summed E-state index contributed by atoms with van der Waals surface area (Å²) >= 11 is 0. The molecular formula is C22H22FN3O4. The Morgan fingerprint density at radius 2 is 1.90 bits per heavy atom. The fourth-order valence-corrected chi connectivity index (χ4v) is 2.88. The minimum atomic E-state index is -0.767. The number of hydrogen-bond donors (Lipinski definition) is 0. The van der Waals surface area contributed by atoms with Gasteiger partial charge in [-0.2, -0.15) is 5.10 Å². The minimum absolute atomic E-state index is 0.0256. The van der Waals surface area contributed by atoms with Crippen LogP contribution in [0.3, 0.4) is 0 Å². The maximum absolute atomic E-state index is 13.4. The van der Waals surface area contributed by atoms with Crippen LogP contribution in [0, 0.1) is 5.82 Å².